The Morgan fingerprint density at radius 3 is 2.94 bits per heavy atom. The zero-order valence-electron chi connectivity index (χ0n) is 10.3. The van der Waals surface area contributed by atoms with Gasteiger partial charge in [0.2, 0.25) is 0 Å². The molecule has 1 rings (SSSR count). The summed E-state index contributed by atoms with van der Waals surface area (Å²) in [4.78, 5) is 11.8. The van der Waals surface area contributed by atoms with Crippen LogP contribution in [0.15, 0.2) is 18.2 Å². The molecule has 17 heavy (non-hydrogen) atoms. The maximum Gasteiger partial charge on any atom is 0.251 e. The molecule has 3 nitrogen and oxygen atoms in total. The van der Waals surface area contributed by atoms with Crippen LogP contribution in [0.4, 0.5) is 0 Å². The van der Waals surface area contributed by atoms with Gasteiger partial charge in [0, 0.05) is 17.7 Å². The number of hydrogen-bond donors (Lipinski definition) is 2. The fourth-order valence-corrected chi connectivity index (χ4v) is 2.12. The van der Waals surface area contributed by atoms with Gasteiger partial charge in [0.25, 0.3) is 5.91 Å². The summed E-state index contributed by atoms with van der Waals surface area (Å²) in [5.74, 6) is 2.23. The molecule has 0 spiro atoms. The highest BCUT2D eigenvalue weighted by molar-refractivity contribution is 7.99. The smallest absolute Gasteiger partial charge is 0.251 e. The van der Waals surface area contributed by atoms with Gasteiger partial charge in [-0.25, -0.2) is 0 Å². The first kappa shape index (κ1) is 13.9. The molecule has 1 aromatic carbocycles. The van der Waals surface area contributed by atoms with Gasteiger partial charge in [0.1, 0.15) is 5.75 Å². The Morgan fingerprint density at radius 1 is 1.47 bits per heavy atom. The quantitative estimate of drug-likeness (QED) is 0.766. The fourth-order valence-electron chi connectivity index (χ4n) is 1.49. The summed E-state index contributed by atoms with van der Waals surface area (Å²) in [6.45, 7) is 4.55. The first-order valence-electron chi connectivity index (χ1n) is 5.81. The van der Waals surface area contributed by atoms with Crippen molar-refractivity contribution in [3.05, 3.63) is 29.3 Å². The Labute approximate surface area is 107 Å². The number of carbonyl (C=O) groups excluding carboxylic acids is 1. The lowest BCUT2D eigenvalue weighted by Crippen LogP contribution is -2.25. The number of nitrogens with one attached hydrogen (secondary N) is 1. The molecule has 0 aliphatic heterocycles. The predicted molar refractivity (Wildman–Crippen MR) is 72.8 cm³/mol. The number of phenols is 1. The molecular weight excluding hydrogens is 234 g/mol. The van der Waals surface area contributed by atoms with E-state index in [1.807, 2.05) is 11.8 Å². The second-order valence-corrected chi connectivity index (χ2v) is 5.15. The van der Waals surface area contributed by atoms with Crippen molar-refractivity contribution in [1.29, 1.82) is 0 Å². The number of amides is 1. The number of rotatable bonds is 6. The van der Waals surface area contributed by atoms with E-state index in [4.69, 9.17) is 0 Å². The molecule has 94 valence electrons. The summed E-state index contributed by atoms with van der Waals surface area (Å²) in [6.07, 6.45) is 0.974. The lowest BCUT2D eigenvalue weighted by molar-refractivity contribution is 0.0952. The summed E-state index contributed by atoms with van der Waals surface area (Å²) < 4.78 is 0. The van der Waals surface area contributed by atoms with Crippen LogP contribution in [0.2, 0.25) is 0 Å². The maximum atomic E-state index is 11.8. The van der Waals surface area contributed by atoms with Crippen molar-refractivity contribution < 1.29 is 9.90 Å². The van der Waals surface area contributed by atoms with Crippen LogP contribution >= 0.6 is 11.8 Å². The van der Waals surface area contributed by atoms with E-state index in [1.165, 1.54) is 0 Å². The standard InChI is InChI=1S/C13H19NO2S/c1-3-17-9-5-8-14-13(16)11-6-4-7-12(15)10(11)2/h4,6-7,15H,3,5,8-9H2,1-2H3,(H,14,16). The molecule has 0 atom stereocenters. The lowest BCUT2D eigenvalue weighted by Gasteiger charge is -2.08. The fraction of sp³-hybridized carbons (Fsp3) is 0.462. The van der Waals surface area contributed by atoms with E-state index in [0.717, 1.165) is 17.9 Å². The van der Waals surface area contributed by atoms with Crippen molar-refractivity contribution in [2.75, 3.05) is 18.1 Å². The third-order valence-electron chi connectivity index (χ3n) is 2.50. The minimum Gasteiger partial charge on any atom is -0.508 e. The highest BCUT2D eigenvalue weighted by Gasteiger charge is 2.10. The Kier molecular flexibility index (Phi) is 5.91. The Bertz CT molecular complexity index is 380. The van der Waals surface area contributed by atoms with Crippen LogP contribution in [0, 0.1) is 6.92 Å². The summed E-state index contributed by atoms with van der Waals surface area (Å²) >= 11 is 1.87. The third-order valence-corrected chi connectivity index (χ3v) is 3.49. The Morgan fingerprint density at radius 2 is 2.24 bits per heavy atom. The van der Waals surface area contributed by atoms with Gasteiger partial charge in [0.15, 0.2) is 0 Å². The van der Waals surface area contributed by atoms with E-state index < -0.39 is 0 Å². The van der Waals surface area contributed by atoms with E-state index in [1.54, 1.807) is 25.1 Å². The van der Waals surface area contributed by atoms with Crippen LogP contribution in [0.25, 0.3) is 0 Å². The van der Waals surface area contributed by atoms with Gasteiger partial charge in [-0.05, 0) is 37.0 Å². The zero-order valence-corrected chi connectivity index (χ0v) is 11.1. The second kappa shape index (κ2) is 7.22. The first-order chi connectivity index (χ1) is 8.16. The molecular formula is C13H19NO2S. The van der Waals surface area contributed by atoms with Crippen molar-refractivity contribution in [1.82, 2.24) is 5.32 Å². The summed E-state index contributed by atoms with van der Waals surface area (Å²) in [5.41, 5.74) is 1.18. The molecule has 0 unspecified atom stereocenters. The van der Waals surface area contributed by atoms with E-state index in [2.05, 4.69) is 12.2 Å². The lowest BCUT2D eigenvalue weighted by atomic mass is 10.1. The molecule has 0 bridgehead atoms. The molecule has 0 saturated carbocycles. The molecule has 2 N–H and O–H groups in total. The van der Waals surface area contributed by atoms with Gasteiger partial charge in [-0.3, -0.25) is 4.79 Å². The molecule has 4 heteroatoms. The monoisotopic (exact) mass is 253 g/mol. The average molecular weight is 253 g/mol. The van der Waals surface area contributed by atoms with Gasteiger partial charge in [-0.15, -0.1) is 0 Å². The number of aromatic hydroxyl groups is 1. The number of phenolic OH excluding ortho intramolecular Hbond substituents is 1. The topological polar surface area (TPSA) is 49.3 Å². The van der Waals surface area contributed by atoms with Crippen LogP contribution in [0.1, 0.15) is 29.3 Å². The number of carbonyl (C=O) groups is 1. The molecule has 0 saturated heterocycles. The van der Waals surface area contributed by atoms with E-state index in [0.29, 0.717) is 17.7 Å². The zero-order chi connectivity index (χ0) is 12.7. The molecule has 0 aliphatic carbocycles. The predicted octanol–water partition coefficient (Wildman–Crippen LogP) is 2.57. The molecule has 0 radical (unpaired) electrons. The minimum atomic E-state index is -0.111. The van der Waals surface area contributed by atoms with Crippen LogP contribution in [-0.2, 0) is 0 Å². The van der Waals surface area contributed by atoms with Gasteiger partial charge in [-0.2, -0.15) is 11.8 Å². The van der Waals surface area contributed by atoms with Crippen molar-refractivity contribution in [3.63, 3.8) is 0 Å². The van der Waals surface area contributed by atoms with Gasteiger partial charge < -0.3 is 10.4 Å². The molecule has 0 aliphatic rings. The number of hydrogen-bond acceptors (Lipinski definition) is 3. The Hall–Kier alpha value is -1.16. The van der Waals surface area contributed by atoms with Gasteiger partial charge in [0.05, 0.1) is 0 Å². The van der Waals surface area contributed by atoms with Gasteiger partial charge in [-0.1, -0.05) is 13.0 Å². The summed E-state index contributed by atoms with van der Waals surface area (Å²) in [5, 5.41) is 12.4. The normalized spacial score (nSPS) is 10.2. The summed E-state index contributed by atoms with van der Waals surface area (Å²) in [6, 6.07) is 5.00. The van der Waals surface area contributed by atoms with E-state index in [-0.39, 0.29) is 11.7 Å². The van der Waals surface area contributed by atoms with Crippen molar-refractivity contribution in [2.24, 2.45) is 0 Å². The largest absolute Gasteiger partial charge is 0.508 e. The van der Waals surface area contributed by atoms with Crippen LogP contribution in [0.5, 0.6) is 5.75 Å². The van der Waals surface area contributed by atoms with Crippen LogP contribution < -0.4 is 5.32 Å². The molecule has 0 fully saturated rings. The van der Waals surface area contributed by atoms with E-state index in [9.17, 15) is 9.90 Å². The highest BCUT2D eigenvalue weighted by atomic mass is 32.2. The minimum absolute atomic E-state index is 0.111. The highest BCUT2D eigenvalue weighted by Crippen LogP contribution is 2.19. The summed E-state index contributed by atoms with van der Waals surface area (Å²) in [7, 11) is 0. The average Bonchev–Trinajstić information content (AvgIpc) is 2.32. The molecule has 0 aromatic heterocycles. The van der Waals surface area contributed by atoms with Crippen molar-refractivity contribution in [3.8, 4) is 5.75 Å². The van der Waals surface area contributed by atoms with Crippen LogP contribution in [0.3, 0.4) is 0 Å². The Balaban J connectivity index is 2.44. The first-order valence-corrected chi connectivity index (χ1v) is 6.96. The van der Waals surface area contributed by atoms with Crippen molar-refractivity contribution >= 4 is 17.7 Å². The third kappa shape index (κ3) is 4.30. The molecule has 0 heterocycles. The van der Waals surface area contributed by atoms with Crippen LogP contribution in [-0.4, -0.2) is 29.1 Å². The molecule has 1 aromatic rings. The second-order valence-electron chi connectivity index (χ2n) is 3.76. The van der Waals surface area contributed by atoms with Crippen molar-refractivity contribution in [2.45, 2.75) is 20.3 Å². The maximum absolute atomic E-state index is 11.8. The number of benzene rings is 1. The molecule has 1 amide bonds. The number of thioether (sulfide) groups is 1. The van der Waals surface area contributed by atoms with Gasteiger partial charge >= 0.3 is 0 Å². The van der Waals surface area contributed by atoms with E-state index >= 15 is 0 Å². The SMILES string of the molecule is CCSCCCNC(=O)c1cccc(O)c1C.